The summed E-state index contributed by atoms with van der Waals surface area (Å²) in [7, 11) is 0. The highest BCUT2D eigenvalue weighted by Crippen LogP contribution is 2.57. The first kappa shape index (κ1) is 15.6. The number of nitrogens with one attached hydrogen (secondary N) is 2. The van der Waals surface area contributed by atoms with E-state index in [0.717, 1.165) is 17.7 Å². The second kappa shape index (κ2) is 5.84. The molecule has 4 atom stereocenters. The molecule has 0 radical (unpaired) electrons. The molecule has 4 rings (SSSR count). The number of amides is 1. The van der Waals surface area contributed by atoms with E-state index in [9.17, 15) is 14.9 Å². The van der Waals surface area contributed by atoms with Gasteiger partial charge in [-0.15, -0.1) is 0 Å². The number of benzene rings is 1. The number of allylic oxidation sites excluding steroid dienone is 2. The zero-order valence-corrected chi connectivity index (χ0v) is 13.7. The Morgan fingerprint density at radius 2 is 1.92 bits per heavy atom. The number of hydrogen-bond acceptors (Lipinski definition) is 4. The number of carbonyl (C=O) groups excluding carboxylic acids is 1. The molecule has 128 valence electrons. The minimum absolute atomic E-state index is 0.105. The van der Waals surface area contributed by atoms with Crippen molar-refractivity contribution in [2.45, 2.75) is 25.2 Å². The molecule has 2 bridgehead atoms. The number of nitrogens with zero attached hydrogens (tertiary/aromatic N) is 2. The van der Waals surface area contributed by atoms with Crippen LogP contribution in [0.2, 0.25) is 0 Å². The van der Waals surface area contributed by atoms with Gasteiger partial charge in [0.15, 0.2) is 0 Å². The van der Waals surface area contributed by atoms with Gasteiger partial charge in [0.2, 0.25) is 11.9 Å². The third-order valence-electron chi connectivity index (χ3n) is 5.20. The van der Waals surface area contributed by atoms with Crippen molar-refractivity contribution in [2.75, 3.05) is 5.32 Å². The molecule has 1 aromatic carbocycles. The highest BCUT2D eigenvalue weighted by molar-refractivity contribution is 5.86. The van der Waals surface area contributed by atoms with Crippen LogP contribution in [0.5, 0.6) is 0 Å². The number of non-ortho nitro benzene ring substituents is 1. The lowest BCUT2D eigenvalue weighted by Crippen LogP contribution is -2.17. The van der Waals surface area contributed by atoms with E-state index in [1.54, 1.807) is 18.3 Å². The maximum absolute atomic E-state index is 11.2. The number of anilines is 1. The third kappa shape index (κ3) is 2.71. The Morgan fingerprint density at radius 1 is 1.24 bits per heavy atom. The van der Waals surface area contributed by atoms with Gasteiger partial charge in [-0.2, -0.15) is 0 Å². The summed E-state index contributed by atoms with van der Waals surface area (Å²) < 4.78 is 0. The first-order valence-corrected chi connectivity index (χ1v) is 8.28. The number of hydrogen-bond donors (Lipinski definition) is 2. The molecule has 4 unspecified atom stereocenters. The van der Waals surface area contributed by atoms with Crippen molar-refractivity contribution in [2.24, 2.45) is 11.8 Å². The SMILES string of the molecule is CC(=O)Nc1ncc(C2C3C=CC(C3)C2c2ccc([N+](=O)[O-])cc2)[nH]1. The van der Waals surface area contributed by atoms with Crippen molar-refractivity contribution in [1.29, 1.82) is 0 Å². The van der Waals surface area contributed by atoms with Gasteiger partial charge in [0.1, 0.15) is 0 Å². The Morgan fingerprint density at radius 3 is 2.56 bits per heavy atom. The lowest BCUT2D eigenvalue weighted by Gasteiger charge is -2.27. The van der Waals surface area contributed by atoms with Gasteiger partial charge in [0.05, 0.1) is 11.1 Å². The quantitative estimate of drug-likeness (QED) is 0.507. The van der Waals surface area contributed by atoms with E-state index < -0.39 is 0 Å². The topological polar surface area (TPSA) is 101 Å². The monoisotopic (exact) mass is 338 g/mol. The summed E-state index contributed by atoms with van der Waals surface area (Å²) >= 11 is 0. The number of aromatic nitrogens is 2. The fourth-order valence-corrected chi connectivity index (χ4v) is 4.25. The molecule has 2 N–H and O–H groups in total. The van der Waals surface area contributed by atoms with Gasteiger partial charge in [-0.3, -0.25) is 20.2 Å². The van der Waals surface area contributed by atoms with Crippen molar-refractivity contribution in [3.63, 3.8) is 0 Å². The number of nitro groups is 1. The van der Waals surface area contributed by atoms with Crippen LogP contribution in [-0.4, -0.2) is 20.8 Å². The van der Waals surface area contributed by atoms with E-state index in [0.29, 0.717) is 17.8 Å². The van der Waals surface area contributed by atoms with E-state index in [2.05, 4.69) is 27.4 Å². The predicted octanol–water partition coefficient (Wildman–Crippen LogP) is 3.35. The lowest BCUT2D eigenvalue weighted by atomic mass is 9.77. The number of carbonyl (C=O) groups is 1. The Kier molecular flexibility index (Phi) is 3.63. The van der Waals surface area contributed by atoms with Gasteiger partial charge in [0, 0.05) is 30.7 Å². The van der Waals surface area contributed by atoms with E-state index in [1.165, 1.54) is 6.92 Å². The van der Waals surface area contributed by atoms with Crippen molar-refractivity contribution in [3.05, 3.63) is 64.0 Å². The summed E-state index contributed by atoms with van der Waals surface area (Å²) in [6.45, 7) is 1.45. The van der Waals surface area contributed by atoms with Crippen LogP contribution in [0.3, 0.4) is 0 Å². The van der Waals surface area contributed by atoms with Gasteiger partial charge in [-0.25, -0.2) is 4.98 Å². The lowest BCUT2D eigenvalue weighted by molar-refractivity contribution is -0.384. The molecule has 2 aromatic rings. The van der Waals surface area contributed by atoms with Gasteiger partial charge >= 0.3 is 0 Å². The normalized spacial score (nSPS) is 26.8. The average Bonchev–Trinajstić information content (AvgIpc) is 3.29. The molecule has 1 aromatic heterocycles. The minimum atomic E-state index is -0.378. The molecule has 1 amide bonds. The molecule has 1 fully saturated rings. The smallest absolute Gasteiger partial charge is 0.269 e. The van der Waals surface area contributed by atoms with Crippen LogP contribution in [0.15, 0.2) is 42.6 Å². The summed E-state index contributed by atoms with van der Waals surface area (Å²) in [5, 5.41) is 13.6. The molecule has 2 aliphatic carbocycles. The molecular weight excluding hydrogens is 320 g/mol. The standard InChI is InChI=1S/C18H18N4O3/c1-10(23)20-18-19-9-15(21-18)17-13-3-2-12(8-13)16(17)11-4-6-14(7-5-11)22(24)25/h2-7,9,12-13,16-17H,8H2,1H3,(H2,19,20,21,23). The molecule has 0 spiro atoms. The van der Waals surface area contributed by atoms with Crippen LogP contribution in [0.1, 0.15) is 36.4 Å². The van der Waals surface area contributed by atoms with E-state index >= 15 is 0 Å². The molecular formula is C18H18N4O3. The van der Waals surface area contributed by atoms with Gasteiger partial charge in [-0.1, -0.05) is 24.3 Å². The van der Waals surface area contributed by atoms with Crippen molar-refractivity contribution in [3.8, 4) is 0 Å². The minimum Gasteiger partial charge on any atom is -0.328 e. The molecule has 7 heteroatoms. The van der Waals surface area contributed by atoms with Crippen LogP contribution >= 0.6 is 0 Å². The Balaban J connectivity index is 1.66. The highest BCUT2D eigenvalue weighted by Gasteiger charge is 2.46. The fraction of sp³-hybridized carbons (Fsp3) is 0.333. The zero-order chi connectivity index (χ0) is 17.6. The first-order valence-electron chi connectivity index (χ1n) is 8.28. The molecule has 0 saturated heterocycles. The zero-order valence-electron chi connectivity index (χ0n) is 13.7. The Bertz CT molecular complexity index is 855. The van der Waals surface area contributed by atoms with Crippen LogP contribution < -0.4 is 5.32 Å². The van der Waals surface area contributed by atoms with Crippen molar-refractivity contribution in [1.82, 2.24) is 9.97 Å². The second-order valence-corrected chi connectivity index (χ2v) is 6.72. The number of fused-ring (bicyclic) bond motifs is 2. The fourth-order valence-electron chi connectivity index (χ4n) is 4.25. The third-order valence-corrected chi connectivity index (χ3v) is 5.20. The van der Waals surface area contributed by atoms with Gasteiger partial charge in [0.25, 0.3) is 5.69 Å². The van der Waals surface area contributed by atoms with Crippen molar-refractivity contribution < 1.29 is 9.72 Å². The molecule has 25 heavy (non-hydrogen) atoms. The van der Waals surface area contributed by atoms with Crippen LogP contribution in [0, 0.1) is 22.0 Å². The van der Waals surface area contributed by atoms with Crippen LogP contribution in [0.25, 0.3) is 0 Å². The number of rotatable bonds is 4. The molecule has 2 aliphatic rings. The largest absolute Gasteiger partial charge is 0.328 e. The van der Waals surface area contributed by atoms with E-state index in [-0.39, 0.29) is 28.4 Å². The molecule has 1 saturated carbocycles. The first-order chi connectivity index (χ1) is 12.0. The van der Waals surface area contributed by atoms with Crippen molar-refractivity contribution >= 4 is 17.5 Å². The Hall–Kier alpha value is -2.96. The van der Waals surface area contributed by atoms with E-state index in [1.807, 2.05) is 12.1 Å². The van der Waals surface area contributed by atoms with Gasteiger partial charge < -0.3 is 4.98 Å². The summed E-state index contributed by atoms with van der Waals surface area (Å²) in [5.74, 6) is 1.60. The number of aromatic amines is 1. The van der Waals surface area contributed by atoms with E-state index in [4.69, 9.17) is 0 Å². The maximum atomic E-state index is 11.2. The average molecular weight is 338 g/mol. The Labute approximate surface area is 144 Å². The summed E-state index contributed by atoms with van der Waals surface area (Å²) in [4.78, 5) is 29.2. The highest BCUT2D eigenvalue weighted by atomic mass is 16.6. The van der Waals surface area contributed by atoms with Gasteiger partial charge in [-0.05, 0) is 29.7 Å². The predicted molar refractivity (Wildman–Crippen MR) is 92.2 cm³/mol. The number of imidazole rings is 1. The van der Waals surface area contributed by atoms with Crippen LogP contribution in [0.4, 0.5) is 11.6 Å². The second-order valence-electron chi connectivity index (χ2n) is 6.72. The molecule has 0 aliphatic heterocycles. The number of H-pyrrole nitrogens is 1. The van der Waals surface area contributed by atoms with Crippen LogP contribution in [-0.2, 0) is 4.79 Å². The summed E-state index contributed by atoms with van der Waals surface area (Å²) in [6, 6.07) is 6.85. The maximum Gasteiger partial charge on any atom is 0.269 e. The summed E-state index contributed by atoms with van der Waals surface area (Å²) in [6.07, 6.45) is 7.35. The number of nitro benzene ring substituents is 1. The molecule has 1 heterocycles. The summed E-state index contributed by atoms with van der Waals surface area (Å²) in [5.41, 5.74) is 2.19. The molecule has 7 nitrogen and oxygen atoms in total.